The Morgan fingerprint density at radius 1 is 1.17 bits per heavy atom. The highest BCUT2D eigenvalue weighted by Gasteiger charge is 2.29. The Balaban J connectivity index is 1.88. The van der Waals surface area contributed by atoms with Gasteiger partial charge in [0.1, 0.15) is 5.78 Å². The summed E-state index contributed by atoms with van der Waals surface area (Å²) in [6, 6.07) is 0.677. The second-order valence-corrected chi connectivity index (χ2v) is 6.32. The normalized spacial score (nSPS) is 30.9. The minimum atomic E-state index is 0.329. The van der Waals surface area contributed by atoms with Crippen LogP contribution in [0.4, 0.5) is 0 Å². The van der Waals surface area contributed by atoms with Crippen LogP contribution in [-0.2, 0) is 4.79 Å². The molecule has 0 amide bonds. The molecule has 3 nitrogen and oxygen atoms in total. The summed E-state index contributed by atoms with van der Waals surface area (Å²) in [5, 5.41) is 0. The van der Waals surface area contributed by atoms with Gasteiger partial charge in [0.25, 0.3) is 0 Å². The van der Waals surface area contributed by atoms with Crippen molar-refractivity contribution in [2.45, 2.75) is 51.0 Å². The largest absolute Gasteiger partial charge is 0.308 e. The maximum absolute atomic E-state index is 12.1. The molecule has 1 saturated heterocycles. The highest BCUT2D eigenvalue weighted by atomic mass is 16.1. The number of likely N-dealkylation sites (N-methyl/N-ethyl adjacent to an activating group) is 1. The standard InChI is InChI=1S/C15H28N2O/c1-16(2)12-14-8-6-10-17(14)11-13-7-4-3-5-9-15(13)18/h13-14H,3-12H2,1-2H3. The van der Waals surface area contributed by atoms with Crippen LogP contribution >= 0.6 is 0 Å². The molecule has 0 radical (unpaired) electrons. The van der Waals surface area contributed by atoms with E-state index >= 15 is 0 Å². The van der Waals surface area contributed by atoms with Crippen molar-refractivity contribution in [3.8, 4) is 0 Å². The van der Waals surface area contributed by atoms with Crippen LogP contribution in [0.1, 0.15) is 44.9 Å². The van der Waals surface area contributed by atoms with Crippen LogP contribution < -0.4 is 0 Å². The van der Waals surface area contributed by atoms with Crippen LogP contribution in [0, 0.1) is 5.92 Å². The highest BCUT2D eigenvalue weighted by molar-refractivity contribution is 5.81. The summed E-state index contributed by atoms with van der Waals surface area (Å²) in [6.07, 6.45) is 8.20. The van der Waals surface area contributed by atoms with E-state index in [1.165, 1.54) is 32.2 Å². The van der Waals surface area contributed by atoms with Gasteiger partial charge in [0.05, 0.1) is 0 Å². The lowest BCUT2D eigenvalue weighted by molar-refractivity contribution is -0.123. The van der Waals surface area contributed by atoms with E-state index in [0.29, 0.717) is 17.7 Å². The topological polar surface area (TPSA) is 23.6 Å². The van der Waals surface area contributed by atoms with Gasteiger partial charge in [-0.2, -0.15) is 0 Å². The number of hydrogen-bond donors (Lipinski definition) is 0. The second-order valence-electron chi connectivity index (χ2n) is 6.32. The summed E-state index contributed by atoms with van der Waals surface area (Å²) in [4.78, 5) is 16.9. The van der Waals surface area contributed by atoms with Crippen LogP contribution in [0.25, 0.3) is 0 Å². The summed E-state index contributed by atoms with van der Waals surface area (Å²) < 4.78 is 0. The predicted molar refractivity (Wildman–Crippen MR) is 74.7 cm³/mol. The molecule has 104 valence electrons. The number of Topliss-reactive ketones (excluding diaryl/α,β-unsaturated/α-hetero) is 1. The van der Waals surface area contributed by atoms with Crippen molar-refractivity contribution >= 4 is 5.78 Å². The number of likely N-dealkylation sites (tertiary alicyclic amines) is 1. The van der Waals surface area contributed by atoms with Gasteiger partial charge in [-0.05, 0) is 46.3 Å². The Hall–Kier alpha value is -0.410. The van der Waals surface area contributed by atoms with Crippen molar-refractivity contribution < 1.29 is 4.79 Å². The number of rotatable bonds is 4. The predicted octanol–water partition coefficient (Wildman–Crippen LogP) is 2.16. The van der Waals surface area contributed by atoms with Crippen LogP contribution in [-0.4, -0.2) is 55.4 Å². The molecule has 0 aromatic heterocycles. The van der Waals surface area contributed by atoms with E-state index in [4.69, 9.17) is 0 Å². The Morgan fingerprint density at radius 2 is 2.00 bits per heavy atom. The number of hydrogen-bond acceptors (Lipinski definition) is 3. The molecule has 1 heterocycles. The van der Waals surface area contributed by atoms with Crippen molar-refractivity contribution in [2.24, 2.45) is 5.92 Å². The molecule has 2 unspecified atom stereocenters. The van der Waals surface area contributed by atoms with E-state index in [0.717, 1.165) is 32.4 Å². The van der Waals surface area contributed by atoms with Crippen molar-refractivity contribution in [1.29, 1.82) is 0 Å². The lowest BCUT2D eigenvalue weighted by Crippen LogP contribution is -2.41. The molecule has 1 saturated carbocycles. The fraction of sp³-hybridized carbons (Fsp3) is 0.933. The summed E-state index contributed by atoms with van der Waals surface area (Å²) in [5.74, 6) is 0.860. The van der Waals surface area contributed by atoms with E-state index in [9.17, 15) is 4.79 Å². The van der Waals surface area contributed by atoms with Gasteiger partial charge in [-0.1, -0.05) is 12.8 Å². The third-order valence-corrected chi connectivity index (χ3v) is 4.46. The summed E-state index contributed by atoms with van der Waals surface area (Å²) in [5.41, 5.74) is 0. The van der Waals surface area contributed by atoms with Crippen LogP contribution in [0.3, 0.4) is 0 Å². The quantitative estimate of drug-likeness (QED) is 0.716. The van der Waals surface area contributed by atoms with Crippen molar-refractivity contribution in [2.75, 3.05) is 33.7 Å². The lowest BCUT2D eigenvalue weighted by atomic mass is 9.98. The Kier molecular flexibility index (Phi) is 5.19. The zero-order valence-corrected chi connectivity index (χ0v) is 12.0. The first-order chi connectivity index (χ1) is 8.66. The summed E-state index contributed by atoms with van der Waals surface area (Å²) in [6.45, 7) is 3.36. The second kappa shape index (κ2) is 6.67. The molecule has 0 N–H and O–H groups in total. The molecule has 2 fully saturated rings. The van der Waals surface area contributed by atoms with Gasteiger partial charge >= 0.3 is 0 Å². The van der Waals surface area contributed by atoms with Gasteiger partial charge in [0.2, 0.25) is 0 Å². The SMILES string of the molecule is CN(C)CC1CCCN1CC1CCCCCC1=O. The van der Waals surface area contributed by atoms with Gasteiger partial charge in [0, 0.05) is 31.5 Å². The minimum Gasteiger partial charge on any atom is -0.308 e. The fourth-order valence-corrected chi connectivity index (χ4v) is 3.47. The maximum Gasteiger partial charge on any atom is 0.137 e. The zero-order chi connectivity index (χ0) is 13.0. The van der Waals surface area contributed by atoms with Gasteiger partial charge in [-0.3, -0.25) is 9.69 Å². The summed E-state index contributed by atoms with van der Waals surface area (Å²) in [7, 11) is 4.29. The number of ketones is 1. The number of carbonyl (C=O) groups is 1. The molecule has 0 spiro atoms. The zero-order valence-electron chi connectivity index (χ0n) is 12.0. The van der Waals surface area contributed by atoms with Crippen LogP contribution in [0.2, 0.25) is 0 Å². The number of carbonyl (C=O) groups excluding carboxylic acids is 1. The maximum atomic E-state index is 12.1. The molecule has 0 aromatic rings. The monoisotopic (exact) mass is 252 g/mol. The van der Waals surface area contributed by atoms with Crippen LogP contribution in [0.5, 0.6) is 0 Å². The van der Waals surface area contributed by atoms with Crippen molar-refractivity contribution in [3.63, 3.8) is 0 Å². The molecule has 2 aliphatic rings. The first-order valence-electron chi connectivity index (χ1n) is 7.58. The smallest absolute Gasteiger partial charge is 0.137 e. The summed E-state index contributed by atoms with van der Waals surface area (Å²) >= 11 is 0. The molecule has 1 aliphatic carbocycles. The van der Waals surface area contributed by atoms with Gasteiger partial charge < -0.3 is 4.90 Å². The minimum absolute atomic E-state index is 0.329. The average Bonchev–Trinajstić information content (AvgIpc) is 2.62. The average molecular weight is 252 g/mol. The molecule has 18 heavy (non-hydrogen) atoms. The molecule has 3 heteroatoms. The van der Waals surface area contributed by atoms with Crippen molar-refractivity contribution in [3.05, 3.63) is 0 Å². The molecule has 0 aromatic carbocycles. The Morgan fingerprint density at radius 3 is 2.78 bits per heavy atom. The molecular weight excluding hydrogens is 224 g/mol. The molecule has 0 bridgehead atoms. The van der Waals surface area contributed by atoms with Gasteiger partial charge in [-0.25, -0.2) is 0 Å². The first-order valence-corrected chi connectivity index (χ1v) is 7.58. The van der Waals surface area contributed by atoms with E-state index in [2.05, 4.69) is 23.9 Å². The number of nitrogens with zero attached hydrogens (tertiary/aromatic N) is 2. The van der Waals surface area contributed by atoms with E-state index in [1.54, 1.807) is 0 Å². The van der Waals surface area contributed by atoms with Crippen LogP contribution in [0.15, 0.2) is 0 Å². The van der Waals surface area contributed by atoms with Crippen molar-refractivity contribution in [1.82, 2.24) is 9.80 Å². The first kappa shape index (κ1) is 14.0. The third-order valence-electron chi connectivity index (χ3n) is 4.46. The molecule has 2 rings (SSSR count). The van der Waals surface area contributed by atoms with Gasteiger partial charge in [0.15, 0.2) is 0 Å². The molecule has 2 atom stereocenters. The Bertz CT molecular complexity index is 278. The van der Waals surface area contributed by atoms with E-state index in [1.807, 2.05) is 0 Å². The lowest BCUT2D eigenvalue weighted by Gasteiger charge is -2.29. The van der Waals surface area contributed by atoms with E-state index < -0.39 is 0 Å². The molecular formula is C15H28N2O. The Labute approximate surface area is 112 Å². The fourth-order valence-electron chi connectivity index (χ4n) is 3.47. The third kappa shape index (κ3) is 3.79. The molecule has 1 aliphatic heterocycles. The van der Waals surface area contributed by atoms with E-state index in [-0.39, 0.29) is 0 Å². The highest BCUT2D eigenvalue weighted by Crippen LogP contribution is 2.25. The van der Waals surface area contributed by atoms with Gasteiger partial charge in [-0.15, -0.1) is 0 Å².